The molecule has 2 aromatic rings. The number of halogens is 2. The summed E-state index contributed by atoms with van der Waals surface area (Å²) in [4.78, 5) is 12.9. The SMILES string of the molecule is Cc1cc(C(=O)N[C@H]2CCCc3cc(OC(F)F)ccc32)c(C)n1C1CC1. The summed E-state index contributed by atoms with van der Waals surface area (Å²) in [6, 6.07) is 7.41. The van der Waals surface area contributed by atoms with E-state index in [1.165, 1.54) is 12.8 Å². The number of nitrogens with one attached hydrogen (secondary N) is 1. The van der Waals surface area contributed by atoms with Gasteiger partial charge in [0, 0.05) is 17.4 Å². The molecule has 1 aromatic heterocycles. The number of nitrogens with zero attached hydrogens (tertiary/aromatic N) is 1. The van der Waals surface area contributed by atoms with Crippen LogP contribution in [0.1, 0.15) is 70.6 Å². The second kappa shape index (κ2) is 6.98. The number of hydrogen-bond acceptors (Lipinski definition) is 2. The number of rotatable bonds is 5. The third-order valence-corrected chi connectivity index (χ3v) is 5.60. The lowest BCUT2D eigenvalue weighted by Gasteiger charge is -2.27. The highest BCUT2D eigenvalue weighted by molar-refractivity contribution is 5.96. The highest BCUT2D eigenvalue weighted by Crippen LogP contribution is 2.38. The molecule has 0 aliphatic heterocycles. The Balaban J connectivity index is 1.54. The molecule has 27 heavy (non-hydrogen) atoms. The van der Waals surface area contributed by atoms with Crippen LogP contribution in [0.4, 0.5) is 8.78 Å². The van der Waals surface area contributed by atoms with E-state index in [0.717, 1.165) is 47.3 Å². The molecule has 2 aliphatic carbocycles. The maximum Gasteiger partial charge on any atom is 0.387 e. The van der Waals surface area contributed by atoms with Crippen LogP contribution in [0.15, 0.2) is 24.3 Å². The van der Waals surface area contributed by atoms with Crippen molar-refractivity contribution < 1.29 is 18.3 Å². The van der Waals surface area contributed by atoms with Crippen LogP contribution >= 0.6 is 0 Å². The molecule has 0 radical (unpaired) electrons. The first-order valence-corrected chi connectivity index (χ1v) is 9.51. The van der Waals surface area contributed by atoms with Gasteiger partial charge in [-0.1, -0.05) is 6.07 Å². The molecule has 4 rings (SSSR count). The van der Waals surface area contributed by atoms with Gasteiger partial charge in [-0.2, -0.15) is 8.78 Å². The molecule has 1 N–H and O–H groups in total. The van der Waals surface area contributed by atoms with E-state index >= 15 is 0 Å². The van der Waals surface area contributed by atoms with Gasteiger partial charge in [-0.3, -0.25) is 4.79 Å². The smallest absolute Gasteiger partial charge is 0.387 e. The molecule has 1 heterocycles. The quantitative estimate of drug-likeness (QED) is 0.813. The Labute approximate surface area is 157 Å². The number of amides is 1. The van der Waals surface area contributed by atoms with Crippen LogP contribution in [0.25, 0.3) is 0 Å². The minimum absolute atomic E-state index is 0.0687. The van der Waals surface area contributed by atoms with Crippen LogP contribution in [0, 0.1) is 13.8 Å². The maximum atomic E-state index is 12.9. The predicted octanol–water partition coefficient (Wildman–Crippen LogP) is 4.85. The van der Waals surface area contributed by atoms with Crippen molar-refractivity contribution in [3.05, 3.63) is 52.3 Å². The minimum atomic E-state index is -2.83. The summed E-state index contributed by atoms with van der Waals surface area (Å²) in [7, 11) is 0. The van der Waals surface area contributed by atoms with Gasteiger partial charge >= 0.3 is 6.61 Å². The standard InChI is InChI=1S/C21H24F2N2O2/c1-12-10-18(13(2)25(12)15-6-7-15)20(26)24-19-5-3-4-14-11-16(27-21(22)23)8-9-17(14)19/h8-11,15,19,21H,3-7H2,1-2H3,(H,24,26)/t19-/m0/s1. The van der Waals surface area contributed by atoms with E-state index in [1.54, 1.807) is 18.2 Å². The number of alkyl halides is 2. The van der Waals surface area contributed by atoms with Crippen molar-refractivity contribution >= 4 is 5.91 Å². The largest absolute Gasteiger partial charge is 0.435 e. The zero-order chi connectivity index (χ0) is 19.1. The molecule has 2 aliphatic rings. The van der Waals surface area contributed by atoms with Gasteiger partial charge in [0.25, 0.3) is 5.91 Å². The monoisotopic (exact) mass is 374 g/mol. The zero-order valence-corrected chi connectivity index (χ0v) is 15.6. The number of carbonyl (C=O) groups excluding carboxylic acids is 1. The molecule has 1 saturated carbocycles. The zero-order valence-electron chi connectivity index (χ0n) is 15.6. The van der Waals surface area contributed by atoms with Crippen molar-refractivity contribution in [2.24, 2.45) is 0 Å². The average molecular weight is 374 g/mol. The topological polar surface area (TPSA) is 43.3 Å². The fraction of sp³-hybridized carbons (Fsp3) is 0.476. The molecule has 0 saturated heterocycles. The van der Waals surface area contributed by atoms with Crippen LogP contribution in [-0.2, 0) is 6.42 Å². The fourth-order valence-corrected chi connectivity index (χ4v) is 4.25. The lowest BCUT2D eigenvalue weighted by molar-refractivity contribution is -0.0499. The molecule has 0 bridgehead atoms. The van der Waals surface area contributed by atoms with Crippen molar-refractivity contribution in [2.75, 3.05) is 0 Å². The van der Waals surface area contributed by atoms with E-state index in [2.05, 4.69) is 14.6 Å². The van der Waals surface area contributed by atoms with Crippen LogP contribution in [0.2, 0.25) is 0 Å². The first-order chi connectivity index (χ1) is 12.9. The fourth-order valence-electron chi connectivity index (χ4n) is 4.25. The van der Waals surface area contributed by atoms with Crippen molar-refractivity contribution in [1.29, 1.82) is 0 Å². The second-order valence-corrected chi connectivity index (χ2v) is 7.54. The van der Waals surface area contributed by atoms with Crippen LogP contribution in [-0.4, -0.2) is 17.1 Å². The summed E-state index contributed by atoms with van der Waals surface area (Å²) < 4.78 is 31.6. The summed E-state index contributed by atoms with van der Waals surface area (Å²) in [5.41, 5.74) is 4.83. The van der Waals surface area contributed by atoms with E-state index in [9.17, 15) is 13.6 Å². The summed E-state index contributed by atoms with van der Waals surface area (Å²) in [6.07, 6.45) is 4.90. The van der Waals surface area contributed by atoms with Gasteiger partial charge in [0.2, 0.25) is 0 Å². The van der Waals surface area contributed by atoms with Crippen molar-refractivity contribution in [1.82, 2.24) is 9.88 Å². The summed E-state index contributed by atoms with van der Waals surface area (Å²) >= 11 is 0. The molecular formula is C21H24F2N2O2. The molecule has 1 atom stereocenters. The Morgan fingerprint density at radius 2 is 2.00 bits per heavy atom. The lowest BCUT2D eigenvalue weighted by atomic mass is 9.87. The van der Waals surface area contributed by atoms with Crippen molar-refractivity contribution in [3.63, 3.8) is 0 Å². The number of ether oxygens (including phenoxy) is 1. The summed E-state index contributed by atoms with van der Waals surface area (Å²) in [5, 5.41) is 3.15. The molecule has 0 unspecified atom stereocenters. The van der Waals surface area contributed by atoms with Gasteiger partial charge < -0.3 is 14.6 Å². The van der Waals surface area contributed by atoms with Gasteiger partial charge in [0.05, 0.1) is 11.6 Å². The number of aromatic nitrogens is 1. The molecule has 1 fully saturated rings. The Kier molecular flexibility index (Phi) is 4.66. The Hall–Kier alpha value is -2.37. The third kappa shape index (κ3) is 3.57. The Morgan fingerprint density at radius 3 is 2.70 bits per heavy atom. The van der Waals surface area contributed by atoms with Gasteiger partial charge in [-0.25, -0.2) is 0 Å². The molecule has 6 heteroatoms. The summed E-state index contributed by atoms with van der Waals surface area (Å²) in [5.74, 6) is 0.101. The van der Waals surface area contributed by atoms with Gasteiger partial charge in [0.15, 0.2) is 0 Å². The molecular weight excluding hydrogens is 350 g/mol. The van der Waals surface area contributed by atoms with E-state index in [0.29, 0.717) is 6.04 Å². The van der Waals surface area contributed by atoms with E-state index < -0.39 is 6.61 Å². The van der Waals surface area contributed by atoms with Crippen LogP contribution < -0.4 is 10.1 Å². The predicted molar refractivity (Wildman–Crippen MR) is 98.4 cm³/mol. The van der Waals surface area contributed by atoms with Crippen LogP contribution in [0.5, 0.6) is 5.75 Å². The van der Waals surface area contributed by atoms with Crippen molar-refractivity contribution in [2.45, 2.75) is 64.6 Å². The average Bonchev–Trinajstić information content (AvgIpc) is 3.39. The third-order valence-electron chi connectivity index (χ3n) is 5.60. The van der Waals surface area contributed by atoms with Gasteiger partial charge in [-0.05, 0) is 75.3 Å². The molecule has 144 valence electrons. The maximum absolute atomic E-state index is 12.9. The molecule has 0 spiro atoms. The Morgan fingerprint density at radius 1 is 1.22 bits per heavy atom. The summed E-state index contributed by atoms with van der Waals surface area (Å²) in [6.45, 7) is 1.22. The first kappa shape index (κ1) is 18.0. The van der Waals surface area contributed by atoms with E-state index in [1.807, 2.05) is 19.9 Å². The van der Waals surface area contributed by atoms with E-state index in [-0.39, 0.29) is 17.7 Å². The van der Waals surface area contributed by atoms with Gasteiger partial charge in [-0.15, -0.1) is 0 Å². The highest BCUT2D eigenvalue weighted by Gasteiger charge is 2.29. The highest BCUT2D eigenvalue weighted by atomic mass is 19.3. The minimum Gasteiger partial charge on any atom is -0.435 e. The number of hydrogen-bond donors (Lipinski definition) is 1. The number of carbonyl (C=O) groups is 1. The van der Waals surface area contributed by atoms with Crippen LogP contribution in [0.3, 0.4) is 0 Å². The van der Waals surface area contributed by atoms with E-state index in [4.69, 9.17) is 0 Å². The Bertz CT molecular complexity index is 871. The molecule has 1 amide bonds. The number of benzene rings is 1. The lowest BCUT2D eigenvalue weighted by Crippen LogP contribution is -2.31. The van der Waals surface area contributed by atoms with Crippen molar-refractivity contribution in [3.8, 4) is 5.75 Å². The number of fused-ring (bicyclic) bond motifs is 1. The molecule has 4 nitrogen and oxygen atoms in total. The normalized spacial score (nSPS) is 19.1. The molecule has 1 aromatic carbocycles. The van der Waals surface area contributed by atoms with Gasteiger partial charge in [0.1, 0.15) is 5.75 Å². The first-order valence-electron chi connectivity index (χ1n) is 9.51. The number of aryl methyl sites for hydroxylation is 2. The second-order valence-electron chi connectivity index (χ2n) is 7.54.